The molecule has 0 saturated heterocycles. The normalized spacial score (nSPS) is 21.1. The SMILES string of the molecule is CCOC(=O)C1=NOC(C)(Cc2c[nH]c3ccccc23)C1. The number of esters is 1. The van der Waals surface area contributed by atoms with E-state index in [2.05, 4.69) is 16.2 Å². The summed E-state index contributed by atoms with van der Waals surface area (Å²) in [5.41, 5.74) is 2.11. The molecule has 2 aromatic rings. The molecule has 2 heterocycles. The van der Waals surface area contributed by atoms with Crippen LogP contribution in [0.3, 0.4) is 0 Å². The number of hydrogen-bond acceptors (Lipinski definition) is 4. The summed E-state index contributed by atoms with van der Waals surface area (Å²) in [7, 11) is 0. The van der Waals surface area contributed by atoms with Gasteiger partial charge in [-0.2, -0.15) is 0 Å². The van der Waals surface area contributed by atoms with Gasteiger partial charge in [0, 0.05) is 29.9 Å². The lowest BCUT2D eigenvalue weighted by Crippen LogP contribution is -2.29. The smallest absolute Gasteiger partial charge is 0.356 e. The van der Waals surface area contributed by atoms with Gasteiger partial charge in [0.25, 0.3) is 0 Å². The number of hydrogen-bond donors (Lipinski definition) is 1. The number of rotatable bonds is 4. The molecule has 1 aromatic heterocycles. The Labute approximate surface area is 122 Å². The van der Waals surface area contributed by atoms with E-state index in [1.54, 1.807) is 6.92 Å². The topological polar surface area (TPSA) is 63.7 Å². The van der Waals surface area contributed by atoms with Crippen LogP contribution < -0.4 is 0 Å². The fourth-order valence-corrected chi connectivity index (χ4v) is 2.68. The highest BCUT2D eigenvalue weighted by Crippen LogP contribution is 2.30. The van der Waals surface area contributed by atoms with Crippen LogP contribution in [0.1, 0.15) is 25.8 Å². The van der Waals surface area contributed by atoms with Crippen molar-refractivity contribution in [2.75, 3.05) is 6.61 Å². The first kappa shape index (κ1) is 13.7. The molecule has 1 N–H and O–H groups in total. The van der Waals surface area contributed by atoms with Gasteiger partial charge < -0.3 is 14.6 Å². The second-order valence-corrected chi connectivity index (χ2v) is 5.51. The Morgan fingerprint density at radius 2 is 2.29 bits per heavy atom. The third kappa shape index (κ3) is 2.63. The highest BCUT2D eigenvalue weighted by molar-refractivity contribution is 6.36. The number of nitrogens with one attached hydrogen (secondary N) is 1. The van der Waals surface area contributed by atoms with Gasteiger partial charge in [-0.1, -0.05) is 23.4 Å². The second kappa shape index (κ2) is 5.24. The van der Waals surface area contributed by atoms with Crippen molar-refractivity contribution in [2.24, 2.45) is 5.16 Å². The molecule has 0 fully saturated rings. The van der Waals surface area contributed by atoms with E-state index in [0.717, 1.165) is 11.1 Å². The molecule has 21 heavy (non-hydrogen) atoms. The monoisotopic (exact) mass is 286 g/mol. The van der Waals surface area contributed by atoms with Gasteiger partial charge in [0.1, 0.15) is 5.60 Å². The van der Waals surface area contributed by atoms with Crippen LogP contribution in [0.5, 0.6) is 0 Å². The van der Waals surface area contributed by atoms with Gasteiger partial charge in [-0.15, -0.1) is 0 Å². The molecule has 5 heteroatoms. The van der Waals surface area contributed by atoms with Crippen LogP contribution in [-0.2, 0) is 20.8 Å². The molecule has 0 saturated carbocycles. The maximum atomic E-state index is 11.7. The van der Waals surface area contributed by atoms with Gasteiger partial charge in [0.2, 0.25) is 0 Å². The van der Waals surface area contributed by atoms with E-state index in [-0.39, 0.29) is 5.97 Å². The van der Waals surface area contributed by atoms with Gasteiger partial charge in [0.15, 0.2) is 5.71 Å². The van der Waals surface area contributed by atoms with Gasteiger partial charge in [0.05, 0.1) is 6.61 Å². The second-order valence-electron chi connectivity index (χ2n) is 5.51. The zero-order valence-electron chi connectivity index (χ0n) is 12.2. The van der Waals surface area contributed by atoms with E-state index >= 15 is 0 Å². The maximum absolute atomic E-state index is 11.7. The summed E-state index contributed by atoms with van der Waals surface area (Å²) >= 11 is 0. The molecular formula is C16H18N2O3. The Morgan fingerprint density at radius 3 is 3.10 bits per heavy atom. The molecule has 1 aromatic carbocycles. The molecule has 0 spiro atoms. The zero-order chi connectivity index (χ0) is 14.9. The van der Waals surface area contributed by atoms with Crippen LogP contribution in [-0.4, -0.2) is 28.9 Å². The number of ether oxygens (including phenoxy) is 1. The zero-order valence-corrected chi connectivity index (χ0v) is 12.2. The summed E-state index contributed by atoms with van der Waals surface area (Å²) in [6.45, 7) is 4.08. The van der Waals surface area contributed by atoms with Crippen LogP contribution >= 0.6 is 0 Å². The lowest BCUT2D eigenvalue weighted by molar-refractivity contribution is -0.135. The summed E-state index contributed by atoms with van der Waals surface area (Å²) in [4.78, 5) is 20.5. The molecule has 0 aliphatic carbocycles. The first-order chi connectivity index (χ1) is 10.1. The number of H-pyrrole nitrogens is 1. The number of nitrogens with zero attached hydrogens (tertiary/aromatic N) is 1. The van der Waals surface area contributed by atoms with Crippen molar-refractivity contribution in [3.8, 4) is 0 Å². The molecule has 1 aliphatic rings. The summed E-state index contributed by atoms with van der Waals surface area (Å²) < 4.78 is 4.97. The van der Waals surface area contributed by atoms with E-state index < -0.39 is 5.60 Å². The molecule has 1 unspecified atom stereocenters. The van der Waals surface area contributed by atoms with E-state index in [9.17, 15) is 4.79 Å². The Bertz CT molecular complexity index is 704. The number of para-hydroxylation sites is 1. The fourth-order valence-electron chi connectivity index (χ4n) is 2.68. The number of aromatic nitrogens is 1. The lowest BCUT2D eigenvalue weighted by atomic mass is 9.91. The molecule has 0 amide bonds. The molecule has 0 bridgehead atoms. The number of oxime groups is 1. The van der Waals surface area contributed by atoms with Crippen molar-refractivity contribution in [3.63, 3.8) is 0 Å². The minimum Gasteiger partial charge on any atom is -0.461 e. The molecule has 1 aliphatic heterocycles. The first-order valence-corrected chi connectivity index (χ1v) is 7.08. The van der Waals surface area contributed by atoms with Crippen LogP contribution in [0.15, 0.2) is 35.6 Å². The average molecular weight is 286 g/mol. The third-order valence-electron chi connectivity index (χ3n) is 3.67. The Balaban J connectivity index is 1.75. The van der Waals surface area contributed by atoms with Crippen molar-refractivity contribution in [3.05, 3.63) is 36.0 Å². The van der Waals surface area contributed by atoms with Crippen molar-refractivity contribution in [1.29, 1.82) is 0 Å². The quantitative estimate of drug-likeness (QED) is 0.879. The van der Waals surface area contributed by atoms with Gasteiger partial charge in [-0.05, 0) is 25.5 Å². The third-order valence-corrected chi connectivity index (χ3v) is 3.67. The van der Waals surface area contributed by atoms with Crippen molar-refractivity contribution >= 4 is 22.6 Å². The van der Waals surface area contributed by atoms with Gasteiger partial charge >= 0.3 is 5.97 Å². The molecule has 3 rings (SSSR count). The highest BCUT2D eigenvalue weighted by atomic mass is 16.7. The summed E-state index contributed by atoms with van der Waals surface area (Å²) in [6.07, 6.45) is 3.14. The maximum Gasteiger partial charge on any atom is 0.356 e. The summed E-state index contributed by atoms with van der Waals surface area (Å²) in [6, 6.07) is 8.13. The minimum atomic E-state index is -0.507. The molecular weight excluding hydrogens is 268 g/mol. The molecule has 0 radical (unpaired) electrons. The van der Waals surface area contributed by atoms with Crippen LogP contribution in [0.25, 0.3) is 10.9 Å². The van der Waals surface area contributed by atoms with Crippen molar-refractivity contribution in [1.82, 2.24) is 4.98 Å². The summed E-state index contributed by atoms with van der Waals surface area (Å²) in [5.74, 6) is -0.389. The number of fused-ring (bicyclic) bond motifs is 1. The predicted octanol–water partition coefficient (Wildman–Crippen LogP) is 2.81. The Morgan fingerprint density at radius 1 is 1.48 bits per heavy atom. The molecule has 5 nitrogen and oxygen atoms in total. The number of benzene rings is 1. The standard InChI is InChI=1S/C16H18N2O3/c1-3-20-15(19)14-9-16(2,21-18-14)8-11-10-17-13-7-5-4-6-12(11)13/h4-7,10,17H,3,8-9H2,1-2H3. The van der Waals surface area contributed by atoms with E-state index in [1.807, 2.05) is 31.3 Å². The van der Waals surface area contributed by atoms with E-state index in [4.69, 9.17) is 9.57 Å². The Hall–Kier alpha value is -2.30. The van der Waals surface area contributed by atoms with Crippen LogP contribution in [0, 0.1) is 0 Å². The van der Waals surface area contributed by atoms with Crippen molar-refractivity contribution in [2.45, 2.75) is 32.3 Å². The van der Waals surface area contributed by atoms with Gasteiger partial charge in [-0.3, -0.25) is 0 Å². The highest BCUT2D eigenvalue weighted by Gasteiger charge is 2.38. The largest absolute Gasteiger partial charge is 0.461 e. The average Bonchev–Trinajstić information content (AvgIpc) is 3.05. The first-order valence-electron chi connectivity index (χ1n) is 7.08. The van der Waals surface area contributed by atoms with Gasteiger partial charge in [-0.25, -0.2) is 4.79 Å². The minimum absolute atomic E-state index is 0.344. The number of carbonyl (C=O) groups excluding carboxylic acids is 1. The summed E-state index contributed by atoms with van der Waals surface area (Å²) in [5, 5.41) is 5.07. The predicted molar refractivity (Wildman–Crippen MR) is 80.2 cm³/mol. The van der Waals surface area contributed by atoms with E-state index in [1.165, 1.54) is 5.39 Å². The fraction of sp³-hybridized carbons (Fsp3) is 0.375. The number of aromatic amines is 1. The van der Waals surface area contributed by atoms with Crippen molar-refractivity contribution < 1.29 is 14.4 Å². The lowest BCUT2D eigenvalue weighted by Gasteiger charge is -2.20. The van der Waals surface area contributed by atoms with E-state index in [0.29, 0.717) is 25.2 Å². The molecule has 1 atom stereocenters. The van der Waals surface area contributed by atoms with Crippen LogP contribution in [0.4, 0.5) is 0 Å². The van der Waals surface area contributed by atoms with Crippen LogP contribution in [0.2, 0.25) is 0 Å². The Kier molecular flexibility index (Phi) is 3.41. The molecule has 110 valence electrons. The number of carbonyl (C=O) groups is 1.